The summed E-state index contributed by atoms with van der Waals surface area (Å²) >= 11 is 0. The van der Waals surface area contributed by atoms with Crippen molar-refractivity contribution in [3.05, 3.63) is 76.6 Å². The molecule has 2 fully saturated rings. The summed E-state index contributed by atoms with van der Waals surface area (Å²) in [5, 5.41) is 0. The van der Waals surface area contributed by atoms with Gasteiger partial charge in [-0.2, -0.15) is 0 Å². The van der Waals surface area contributed by atoms with E-state index < -0.39 is 0 Å². The van der Waals surface area contributed by atoms with Gasteiger partial charge in [-0.1, -0.05) is 121 Å². The SMILES string of the molecule is CCCCCCCC1CCC(c2ccc(C3=CCC(c4ccc(C5CCC(CCCCC)CC5)cc4)CC3)c(F)c2)CC1. The minimum Gasteiger partial charge on any atom is -0.206 e. The van der Waals surface area contributed by atoms with Crippen molar-refractivity contribution >= 4 is 5.57 Å². The van der Waals surface area contributed by atoms with E-state index in [0.717, 1.165) is 42.6 Å². The molecule has 2 saturated carbocycles. The molecule has 3 aliphatic rings. The first-order valence-corrected chi connectivity index (χ1v) is 18.7. The molecule has 43 heavy (non-hydrogen) atoms. The normalized spacial score (nSPS) is 26.3. The molecular formula is C42H61F. The van der Waals surface area contributed by atoms with Crippen LogP contribution in [0.2, 0.25) is 0 Å². The van der Waals surface area contributed by atoms with Gasteiger partial charge in [-0.05, 0) is 129 Å². The van der Waals surface area contributed by atoms with Crippen LogP contribution in [-0.2, 0) is 0 Å². The molecule has 0 heterocycles. The number of hydrogen-bond acceptors (Lipinski definition) is 0. The lowest BCUT2D eigenvalue weighted by molar-refractivity contribution is 0.301. The summed E-state index contributed by atoms with van der Waals surface area (Å²) < 4.78 is 15.4. The molecule has 2 aromatic rings. The van der Waals surface area contributed by atoms with Crippen molar-refractivity contribution in [1.82, 2.24) is 0 Å². The van der Waals surface area contributed by atoms with Crippen molar-refractivity contribution in [3.63, 3.8) is 0 Å². The highest BCUT2D eigenvalue weighted by Crippen LogP contribution is 2.42. The highest BCUT2D eigenvalue weighted by Gasteiger charge is 2.25. The van der Waals surface area contributed by atoms with Crippen LogP contribution in [0.5, 0.6) is 0 Å². The molecule has 236 valence electrons. The van der Waals surface area contributed by atoms with Gasteiger partial charge in [0.2, 0.25) is 0 Å². The summed E-state index contributed by atoms with van der Waals surface area (Å²) in [6.45, 7) is 4.60. The van der Waals surface area contributed by atoms with Gasteiger partial charge in [0, 0.05) is 5.56 Å². The Balaban J connectivity index is 1.08. The second-order valence-corrected chi connectivity index (χ2v) is 14.7. The summed E-state index contributed by atoms with van der Waals surface area (Å²) in [5.74, 6) is 3.75. The first-order chi connectivity index (χ1) is 21.1. The van der Waals surface area contributed by atoms with Crippen LogP contribution in [0.15, 0.2) is 48.5 Å². The zero-order valence-electron chi connectivity index (χ0n) is 27.7. The van der Waals surface area contributed by atoms with E-state index in [1.54, 1.807) is 5.56 Å². The lowest BCUT2D eigenvalue weighted by Crippen LogP contribution is -2.14. The van der Waals surface area contributed by atoms with Gasteiger partial charge >= 0.3 is 0 Å². The van der Waals surface area contributed by atoms with E-state index >= 15 is 4.39 Å². The maximum atomic E-state index is 15.4. The maximum Gasteiger partial charge on any atom is 0.130 e. The molecule has 2 aromatic carbocycles. The minimum absolute atomic E-state index is 0.00434. The Labute approximate surface area is 264 Å². The standard InChI is InChI=1S/C42H61F/c1-3-5-7-8-10-12-33-15-19-38(20-16-33)40-29-30-41(42(43)31-40)39-27-25-37(26-28-39)36-23-21-35(22-24-36)34-17-13-32(14-18-34)11-9-6-4-2/h21-24,27,29-34,37-38H,3-20,25-26,28H2,1-2H3. The van der Waals surface area contributed by atoms with Crippen LogP contribution in [0.4, 0.5) is 4.39 Å². The maximum absolute atomic E-state index is 15.4. The number of benzene rings is 2. The van der Waals surface area contributed by atoms with E-state index in [1.165, 1.54) is 132 Å². The van der Waals surface area contributed by atoms with Crippen molar-refractivity contribution in [3.8, 4) is 0 Å². The van der Waals surface area contributed by atoms with E-state index in [9.17, 15) is 0 Å². The molecule has 0 spiro atoms. The van der Waals surface area contributed by atoms with Gasteiger partial charge in [0.25, 0.3) is 0 Å². The van der Waals surface area contributed by atoms with Crippen LogP contribution in [0, 0.1) is 17.7 Å². The summed E-state index contributed by atoms with van der Waals surface area (Å²) in [7, 11) is 0. The highest BCUT2D eigenvalue weighted by atomic mass is 19.1. The van der Waals surface area contributed by atoms with Crippen LogP contribution in [-0.4, -0.2) is 0 Å². The van der Waals surface area contributed by atoms with E-state index in [-0.39, 0.29) is 5.82 Å². The van der Waals surface area contributed by atoms with Gasteiger partial charge < -0.3 is 0 Å². The second-order valence-electron chi connectivity index (χ2n) is 14.7. The molecular weight excluding hydrogens is 523 g/mol. The first kappa shape index (κ1) is 32.5. The Morgan fingerprint density at radius 3 is 1.63 bits per heavy atom. The topological polar surface area (TPSA) is 0 Å². The quantitative estimate of drug-likeness (QED) is 0.194. The molecule has 1 atom stereocenters. The van der Waals surface area contributed by atoms with Gasteiger partial charge in [0.05, 0.1) is 0 Å². The molecule has 0 radical (unpaired) electrons. The number of allylic oxidation sites excluding steroid dienone is 2. The summed E-state index contributed by atoms with van der Waals surface area (Å²) in [6.07, 6.45) is 30.1. The minimum atomic E-state index is 0.00434. The molecule has 0 aliphatic heterocycles. The molecule has 5 rings (SSSR count). The lowest BCUT2D eigenvalue weighted by Gasteiger charge is -2.29. The fourth-order valence-electron chi connectivity index (χ4n) is 8.76. The smallest absolute Gasteiger partial charge is 0.130 e. The van der Waals surface area contributed by atoms with E-state index in [4.69, 9.17) is 0 Å². The highest BCUT2D eigenvalue weighted by molar-refractivity contribution is 5.67. The lowest BCUT2D eigenvalue weighted by atomic mass is 9.76. The van der Waals surface area contributed by atoms with Crippen LogP contribution < -0.4 is 0 Å². The number of rotatable bonds is 14. The molecule has 0 amide bonds. The Bertz CT molecular complexity index is 1110. The number of halogens is 1. The van der Waals surface area contributed by atoms with Crippen LogP contribution in [0.25, 0.3) is 5.57 Å². The molecule has 3 aliphatic carbocycles. The predicted molar refractivity (Wildman–Crippen MR) is 184 cm³/mol. The molecule has 0 saturated heterocycles. The number of unbranched alkanes of at least 4 members (excludes halogenated alkanes) is 6. The molecule has 0 bridgehead atoms. The zero-order chi connectivity index (χ0) is 29.9. The summed E-state index contributed by atoms with van der Waals surface area (Å²) in [5.41, 5.74) is 6.34. The monoisotopic (exact) mass is 584 g/mol. The van der Waals surface area contributed by atoms with Crippen molar-refractivity contribution in [2.45, 2.75) is 166 Å². The Kier molecular flexibility index (Phi) is 12.8. The third-order valence-corrected chi connectivity index (χ3v) is 11.7. The van der Waals surface area contributed by atoms with E-state index in [1.807, 2.05) is 6.07 Å². The van der Waals surface area contributed by atoms with Gasteiger partial charge in [0.15, 0.2) is 0 Å². The van der Waals surface area contributed by atoms with Gasteiger partial charge in [-0.25, -0.2) is 4.39 Å². The van der Waals surface area contributed by atoms with E-state index in [0.29, 0.717) is 11.8 Å². The van der Waals surface area contributed by atoms with Crippen molar-refractivity contribution in [2.24, 2.45) is 11.8 Å². The van der Waals surface area contributed by atoms with Gasteiger partial charge in [-0.3, -0.25) is 0 Å². The third-order valence-electron chi connectivity index (χ3n) is 11.7. The summed E-state index contributed by atoms with van der Waals surface area (Å²) in [4.78, 5) is 0. The molecule has 0 aromatic heterocycles. The van der Waals surface area contributed by atoms with E-state index in [2.05, 4.69) is 56.3 Å². The first-order valence-electron chi connectivity index (χ1n) is 18.7. The molecule has 0 nitrogen and oxygen atoms in total. The molecule has 1 heteroatoms. The van der Waals surface area contributed by atoms with Crippen LogP contribution in [0.3, 0.4) is 0 Å². The van der Waals surface area contributed by atoms with Crippen molar-refractivity contribution < 1.29 is 4.39 Å². The fraction of sp³-hybridized carbons (Fsp3) is 0.667. The predicted octanol–water partition coefficient (Wildman–Crippen LogP) is 13.7. The van der Waals surface area contributed by atoms with Crippen LogP contribution in [0.1, 0.15) is 189 Å². The average Bonchev–Trinajstić information content (AvgIpc) is 3.06. The molecule has 0 N–H and O–H groups in total. The Morgan fingerprint density at radius 1 is 0.558 bits per heavy atom. The Hall–Kier alpha value is -1.89. The van der Waals surface area contributed by atoms with Gasteiger partial charge in [0.1, 0.15) is 5.82 Å². The van der Waals surface area contributed by atoms with Gasteiger partial charge in [-0.15, -0.1) is 0 Å². The number of hydrogen-bond donors (Lipinski definition) is 0. The van der Waals surface area contributed by atoms with Crippen molar-refractivity contribution in [1.29, 1.82) is 0 Å². The summed E-state index contributed by atoms with van der Waals surface area (Å²) in [6, 6.07) is 15.9. The zero-order valence-corrected chi connectivity index (χ0v) is 27.7. The fourth-order valence-corrected chi connectivity index (χ4v) is 8.76. The average molecular weight is 585 g/mol. The molecule has 1 unspecified atom stereocenters. The second kappa shape index (κ2) is 17.0. The third kappa shape index (κ3) is 9.31. The van der Waals surface area contributed by atoms with Crippen molar-refractivity contribution in [2.75, 3.05) is 0 Å². The Morgan fingerprint density at radius 2 is 1.07 bits per heavy atom. The van der Waals surface area contributed by atoms with Crippen LogP contribution >= 0.6 is 0 Å². The largest absolute Gasteiger partial charge is 0.206 e.